The Morgan fingerprint density at radius 1 is 1.00 bits per heavy atom. The lowest BCUT2D eigenvalue weighted by atomic mass is 9.95. The van der Waals surface area contributed by atoms with Crippen LogP contribution in [0.4, 0.5) is 14.5 Å². The first kappa shape index (κ1) is 17.0. The van der Waals surface area contributed by atoms with E-state index in [0.29, 0.717) is 22.6 Å². The molecule has 1 aliphatic rings. The van der Waals surface area contributed by atoms with Crippen LogP contribution in [0.5, 0.6) is 5.75 Å². The van der Waals surface area contributed by atoms with Crippen LogP contribution in [0.25, 0.3) is 11.6 Å². The average Bonchev–Trinajstić information content (AvgIpc) is 2.67. The lowest BCUT2D eigenvalue weighted by Gasteiger charge is -2.18. The van der Waals surface area contributed by atoms with Gasteiger partial charge >= 0.3 is 0 Å². The number of ether oxygens (including phenoxy) is 1. The molecule has 3 nitrogen and oxygen atoms in total. The molecule has 1 amide bonds. The predicted molar refractivity (Wildman–Crippen MR) is 100 cm³/mol. The standard InChI is InChI=1S/C22H15F2NO2/c23-16-7-8-17(19(24)12-16)18(15-4-2-1-3-5-15)10-14-6-9-21-20(11-14)25-22(26)13-27-21/h1-12H,13H2,(H,25,26)/b18-10+. The van der Waals surface area contributed by atoms with Gasteiger partial charge in [-0.1, -0.05) is 36.4 Å². The second-order valence-electron chi connectivity index (χ2n) is 6.14. The van der Waals surface area contributed by atoms with E-state index >= 15 is 0 Å². The Morgan fingerprint density at radius 3 is 2.59 bits per heavy atom. The lowest BCUT2D eigenvalue weighted by molar-refractivity contribution is -0.118. The highest BCUT2D eigenvalue weighted by molar-refractivity contribution is 5.97. The molecule has 3 aromatic carbocycles. The Balaban J connectivity index is 1.84. The molecule has 0 atom stereocenters. The van der Waals surface area contributed by atoms with Crippen LogP contribution in [0.2, 0.25) is 0 Å². The summed E-state index contributed by atoms with van der Waals surface area (Å²) in [5, 5.41) is 2.76. The van der Waals surface area contributed by atoms with E-state index in [4.69, 9.17) is 4.74 Å². The van der Waals surface area contributed by atoms with Crippen molar-refractivity contribution in [1.29, 1.82) is 0 Å². The molecule has 0 bridgehead atoms. The van der Waals surface area contributed by atoms with E-state index in [1.54, 1.807) is 18.2 Å². The number of carbonyl (C=O) groups excluding carboxylic acids is 1. The molecule has 4 rings (SSSR count). The van der Waals surface area contributed by atoms with Gasteiger partial charge in [0.05, 0.1) is 5.69 Å². The molecule has 0 saturated heterocycles. The third-order valence-corrected chi connectivity index (χ3v) is 4.25. The predicted octanol–water partition coefficient (Wildman–Crippen LogP) is 4.88. The van der Waals surface area contributed by atoms with Gasteiger partial charge in [-0.2, -0.15) is 0 Å². The SMILES string of the molecule is O=C1COc2ccc(/C=C(\c3ccccc3)c3ccc(F)cc3F)cc2N1. The van der Waals surface area contributed by atoms with E-state index in [0.717, 1.165) is 17.2 Å². The van der Waals surface area contributed by atoms with Crippen LogP contribution >= 0.6 is 0 Å². The summed E-state index contributed by atoms with van der Waals surface area (Å²) in [6.07, 6.45) is 1.80. The number of anilines is 1. The first-order valence-electron chi connectivity index (χ1n) is 8.39. The summed E-state index contributed by atoms with van der Waals surface area (Å²) >= 11 is 0. The van der Waals surface area contributed by atoms with E-state index < -0.39 is 11.6 Å². The van der Waals surface area contributed by atoms with Crippen molar-refractivity contribution in [1.82, 2.24) is 0 Å². The van der Waals surface area contributed by atoms with Crippen LogP contribution in [0.1, 0.15) is 16.7 Å². The van der Waals surface area contributed by atoms with Crippen LogP contribution in [0.3, 0.4) is 0 Å². The van der Waals surface area contributed by atoms with Crippen molar-refractivity contribution in [2.75, 3.05) is 11.9 Å². The molecule has 5 heteroatoms. The molecule has 27 heavy (non-hydrogen) atoms. The monoisotopic (exact) mass is 363 g/mol. The molecule has 134 valence electrons. The molecular formula is C22H15F2NO2. The zero-order valence-corrected chi connectivity index (χ0v) is 14.2. The maximum absolute atomic E-state index is 14.5. The van der Waals surface area contributed by atoms with Gasteiger partial charge < -0.3 is 10.1 Å². The molecule has 0 fully saturated rings. The normalized spacial score (nSPS) is 13.6. The van der Waals surface area contributed by atoms with Gasteiger partial charge in [-0.3, -0.25) is 4.79 Å². The van der Waals surface area contributed by atoms with Crippen LogP contribution < -0.4 is 10.1 Å². The highest BCUT2D eigenvalue weighted by Crippen LogP contribution is 2.32. The number of hydrogen-bond donors (Lipinski definition) is 1. The largest absolute Gasteiger partial charge is 0.482 e. The summed E-state index contributed by atoms with van der Waals surface area (Å²) in [5.41, 5.74) is 3.01. The number of amides is 1. The molecule has 0 aliphatic carbocycles. The highest BCUT2D eigenvalue weighted by Gasteiger charge is 2.16. The van der Waals surface area contributed by atoms with Crippen LogP contribution in [0.15, 0.2) is 66.7 Å². The van der Waals surface area contributed by atoms with Gasteiger partial charge in [0.1, 0.15) is 17.4 Å². The molecule has 0 radical (unpaired) electrons. The van der Waals surface area contributed by atoms with Crippen molar-refractivity contribution in [2.45, 2.75) is 0 Å². The number of rotatable bonds is 3. The van der Waals surface area contributed by atoms with Gasteiger partial charge in [-0.15, -0.1) is 0 Å². The number of nitrogens with one attached hydrogen (secondary N) is 1. The third kappa shape index (κ3) is 3.58. The van der Waals surface area contributed by atoms with Crippen molar-refractivity contribution in [3.05, 3.63) is 95.1 Å². The lowest BCUT2D eigenvalue weighted by Crippen LogP contribution is -2.25. The Bertz CT molecular complexity index is 1050. The average molecular weight is 363 g/mol. The van der Waals surface area contributed by atoms with Crippen molar-refractivity contribution in [3.63, 3.8) is 0 Å². The second-order valence-corrected chi connectivity index (χ2v) is 6.14. The summed E-state index contributed by atoms with van der Waals surface area (Å²) < 4.78 is 33.2. The van der Waals surface area contributed by atoms with Gasteiger partial charge in [0.15, 0.2) is 6.61 Å². The summed E-state index contributed by atoms with van der Waals surface area (Å²) in [6.45, 7) is -0.0156. The summed E-state index contributed by atoms with van der Waals surface area (Å²) in [7, 11) is 0. The van der Waals surface area contributed by atoms with Gasteiger partial charge in [0.25, 0.3) is 5.91 Å². The molecule has 0 unspecified atom stereocenters. The van der Waals surface area contributed by atoms with Crippen molar-refractivity contribution < 1.29 is 18.3 Å². The van der Waals surface area contributed by atoms with Crippen LogP contribution in [-0.4, -0.2) is 12.5 Å². The van der Waals surface area contributed by atoms with E-state index in [-0.39, 0.29) is 12.5 Å². The fourth-order valence-corrected chi connectivity index (χ4v) is 3.00. The maximum Gasteiger partial charge on any atom is 0.262 e. The minimum absolute atomic E-state index is 0.0156. The molecule has 3 aromatic rings. The number of fused-ring (bicyclic) bond motifs is 1. The Labute approximate surface area is 154 Å². The van der Waals surface area contributed by atoms with Crippen molar-refractivity contribution in [2.24, 2.45) is 0 Å². The number of carbonyl (C=O) groups is 1. The molecule has 1 heterocycles. The Hall–Kier alpha value is -3.47. The van der Waals surface area contributed by atoms with Crippen LogP contribution in [-0.2, 0) is 4.79 Å². The molecular weight excluding hydrogens is 348 g/mol. The zero-order valence-electron chi connectivity index (χ0n) is 14.2. The van der Waals surface area contributed by atoms with E-state index in [1.807, 2.05) is 36.4 Å². The van der Waals surface area contributed by atoms with Gasteiger partial charge in [-0.25, -0.2) is 8.78 Å². The summed E-state index contributed by atoms with van der Waals surface area (Å²) in [6, 6.07) is 18.2. The highest BCUT2D eigenvalue weighted by atomic mass is 19.1. The smallest absolute Gasteiger partial charge is 0.262 e. The van der Waals surface area contributed by atoms with Gasteiger partial charge in [0.2, 0.25) is 0 Å². The Kier molecular flexibility index (Phi) is 4.42. The van der Waals surface area contributed by atoms with E-state index in [1.165, 1.54) is 12.1 Å². The van der Waals surface area contributed by atoms with Crippen LogP contribution in [0, 0.1) is 11.6 Å². The summed E-state index contributed by atoms with van der Waals surface area (Å²) in [4.78, 5) is 11.5. The molecule has 0 spiro atoms. The van der Waals surface area contributed by atoms with Crippen molar-refractivity contribution >= 4 is 23.2 Å². The third-order valence-electron chi connectivity index (χ3n) is 4.25. The van der Waals surface area contributed by atoms with E-state index in [9.17, 15) is 13.6 Å². The van der Waals surface area contributed by atoms with Gasteiger partial charge in [0, 0.05) is 11.6 Å². The topological polar surface area (TPSA) is 38.3 Å². The number of halogens is 2. The fraction of sp³-hybridized carbons (Fsp3) is 0.0455. The minimum atomic E-state index is -0.639. The number of benzene rings is 3. The fourth-order valence-electron chi connectivity index (χ4n) is 3.00. The first-order chi connectivity index (χ1) is 13.1. The second kappa shape index (κ2) is 7.03. The van der Waals surface area contributed by atoms with Gasteiger partial charge in [-0.05, 0) is 47.0 Å². The maximum atomic E-state index is 14.5. The molecule has 0 saturated carbocycles. The summed E-state index contributed by atoms with van der Waals surface area (Å²) in [5.74, 6) is -0.908. The first-order valence-corrected chi connectivity index (χ1v) is 8.39. The zero-order chi connectivity index (χ0) is 18.8. The molecule has 0 aromatic heterocycles. The Morgan fingerprint density at radius 2 is 1.81 bits per heavy atom. The quantitative estimate of drug-likeness (QED) is 0.673. The molecule has 1 aliphatic heterocycles. The molecule has 1 N–H and O–H groups in total. The van der Waals surface area contributed by atoms with E-state index in [2.05, 4.69) is 5.32 Å². The van der Waals surface area contributed by atoms with Crippen molar-refractivity contribution in [3.8, 4) is 5.75 Å². The number of hydrogen-bond acceptors (Lipinski definition) is 2. The minimum Gasteiger partial charge on any atom is -0.482 e.